The Bertz CT molecular complexity index is 586. The fourth-order valence-corrected chi connectivity index (χ4v) is 3.55. The molecule has 0 bridgehead atoms. The molecule has 2 rings (SSSR count). The minimum absolute atomic E-state index is 0.0884. The van der Waals surface area contributed by atoms with E-state index in [1.807, 2.05) is 6.26 Å². The summed E-state index contributed by atoms with van der Waals surface area (Å²) in [5.41, 5.74) is -0.863. The molecule has 124 valence electrons. The summed E-state index contributed by atoms with van der Waals surface area (Å²) in [6.07, 6.45) is 4.07. The van der Waals surface area contributed by atoms with E-state index in [0.29, 0.717) is 30.6 Å². The summed E-state index contributed by atoms with van der Waals surface area (Å²) in [5, 5.41) is 20.5. The summed E-state index contributed by atoms with van der Waals surface area (Å²) in [4.78, 5) is 0. The first kappa shape index (κ1) is 17.5. The Morgan fingerprint density at radius 1 is 1.41 bits per heavy atom. The normalized spacial score (nSPS) is 18.0. The molecule has 0 radical (unpaired) electrons. The van der Waals surface area contributed by atoms with Crippen LogP contribution in [-0.2, 0) is 10.0 Å². The Kier molecular flexibility index (Phi) is 5.65. The molecule has 1 aromatic rings. The Morgan fingerprint density at radius 2 is 2.14 bits per heavy atom. The molecule has 1 saturated carbocycles. The second-order valence-electron chi connectivity index (χ2n) is 5.84. The number of sulfonamides is 1. The van der Waals surface area contributed by atoms with Crippen LogP contribution in [0.1, 0.15) is 19.8 Å². The van der Waals surface area contributed by atoms with Gasteiger partial charge in [0.15, 0.2) is 5.03 Å². The van der Waals surface area contributed by atoms with Crippen molar-refractivity contribution in [1.29, 1.82) is 0 Å². The summed E-state index contributed by atoms with van der Waals surface area (Å²) in [6.45, 7) is 2.50. The minimum atomic E-state index is -3.59. The van der Waals surface area contributed by atoms with Crippen molar-refractivity contribution < 1.29 is 13.5 Å². The van der Waals surface area contributed by atoms with Crippen molar-refractivity contribution in [2.24, 2.45) is 5.92 Å². The van der Waals surface area contributed by atoms with E-state index in [0.717, 1.165) is 12.8 Å². The van der Waals surface area contributed by atoms with Crippen molar-refractivity contribution in [2.75, 3.05) is 30.4 Å². The second kappa shape index (κ2) is 7.12. The van der Waals surface area contributed by atoms with E-state index in [9.17, 15) is 13.5 Å². The zero-order valence-corrected chi connectivity index (χ0v) is 14.4. The predicted molar refractivity (Wildman–Crippen MR) is 87.4 cm³/mol. The highest BCUT2D eigenvalue weighted by Gasteiger charge is 2.25. The lowest BCUT2D eigenvalue weighted by molar-refractivity contribution is 0.0996. The maximum absolute atomic E-state index is 12.0. The van der Waals surface area contributed by atoms with E-state index in [4.69, 9.17) is 0 Å². The fraction of sp³-hybridized carbons (Fsp3) is 0.692. The van der Waals surface area contributed by atoms with Crippen LogP contribution in [0.15, 0.2) is 17.2 Å². The monoisotopic (exact) mass is 346 g/mol. The van der Waals surface area contributed by atoms with Gasteiger partial charge in [-0.2, -0.15) is 11.8 Å². The Hall–Kier alpha value is -0.900. The highest BCUT2D eigenvalue weighted by atomic mass is 32.2. The first-order valence-electron chi connectivity index (χ1n) is 7.11. The highest BCUT2D eigenvalue weighted by molar-refractivity contribution is 7.98. The zero-order valence-electron chi connectivity index (χ0n) is 12.7. The summed E-state index contributed by atoms with van der Waals surface area (Å²) in [7, 11) is -3.59. The van der Waals surface area contributed by atoms with Gasteiger partial charge in [-0.1, -0.05) is 0 Å². The molecule has 0 aliphatic heterocycles. The molecule has 7 nitrogen and oxygen atoms in total. The van der Waals surface area contributed by atoms with Gasteiger partial charge in [0.1, 0.15) is 5.82 Å². The topological polar surface area (TPSA) is 104 Å². The average molecular weight is 346 g/mol. The van der Waals surface area contributed by atoms with Gasteiger partial charge in [0, 0.05) is 18.8 Å². The second-order valence-corrected chi connectivity index (χ2v) is 8.42. The van der Waals surface area contributed by atoms with Crippen LogP contribution in [0.5, 0.6) is 0 Å². The SMILES string of the molecule is CSCC(C)(O)CNc1ccc(S(=O)(=O)NCC2CC2)nn1. The Labute approximate surface area is 135 Å². The maximum Gasteiger partial charge on any atom is 0.259 e. The molecule has 0 aromatic carbocycles. The quantitative estimate of drug-likeness (QED) is 0.604. The van der Waals surface area contributed by atoms with E-state index >= 15 is 0 Å². The number of nitrogens with one attached hydrogen (secondary N) is 2. The van der Waals surface area contributed by atoms with Crippen molar-refractivity contribution in [3.05, 3.63) is 12.1 Å². The molecule has 1 fully saturated rings. The third-order valence-electron chi connectivity index (χ3n) is 3.28. The molecular weight excluding hydrogens is 324 g/mol. The number of thioether (sulfide) groups is 1. The molecule has 1 atom stereocenters. The summed E-state index contributed by atoms with van der Waals surface area (Å²) in [6, 6.07) is 2.96. The van der Waals surface area contributed by atoms with Crippen LogP contribution in [-0.4, -0.2) is 54.4 Å². The lowest BCUT2D eigenvalue weighted by Crippen LogP contribution is -2.36. The third-order valence-corrected chi connectivity index (χ3v) is 5.51. The molecule has 3 N–H and O–H groups in total. The molecule has 1 unspecified atom stereocenters. The van der Waals surface area contributed by atoms with Crippen LogP contribution in [0, 0.1) is 5.92 Å². The van der Waals surface area contributed by atoms with Crippen molar-refractivity contribution >= 4 is 27.6 Å². The number of rotatable bonds is 9. The van der Waals surface area contributed by atoms with Gasteiger partial charge in [-0.3, -0.25) is 0 Å². The zero-order chi connectivity index (χ0) is 16.2. The van der Waals surface area contributed by atoms with E-state index < -0.39 is 15.6 Å². The van der Waals surface area contributed by atoms with Crippen molar-refractivity contribution in [3.8, 4) is 0 Å². The smallest absolute Gasteiger partial charge is 0.259 e. The number of hydrogen-bond donors (Lipinski definition) is 3. The third kappa shape index (κ3) is 5.38. The molecule has 1 aliphatic rings. The molecule has 0 spiro atoms. The average Bonchev–Trinajstić information content (AvgIpc) is 3.28. The Balaban J connectivity index is 1.91. The van der Waals surface area contributed by atoms with E-state index in [-0.39, 0.29) is 5.03 Å². The van der Waals surface area contributed by atoms with Gasteiger partial charge in [-0.15, -0.1) is 10.2 Å². The van der Waals surface area contributed by atoms with E-state index in [2.05, 4.69) is 20.2 Å². The number of anilines is 1. The standard InChI is InChI=1S/C13H22N4O3S2/c1-13(18,9-21-2)8-14-11-5-6-12(17-16-11)22(19,20)15-7-10-3-4-10/h5-6,10,15,18H,3-4,7-9H2,1-2H3,(H,14,16). The number of aliphatic hydroxyl groups is 1. The molecule has 0 amide bonds. The molecule has 1 aliphatic carbocycles. The van der Waals surface area contributed by atoms with Gasteiger partial charge < -0.3 is 10.4 Å². The van der Waals surface area contributed by atoms with Gasteiger partial charge in [0.25, 0.3) is 10.0 Å². The summed E-state index contributed by atoms with van der Waals surface area (Å²) >= 11 is 1.55. The minimum Gasteiger partial charge on any atom is -0.387 e. The van der Waals surface area contributed by atoms with Gasteiger partial charge in [0.05, 0.1) is 5.60 Å². The van der Waals surface area contributed by atoms with Crippen molar-refractivity contribution in [3.63, 3.8) is 0 Å². The molecule has 1 heterocycles. The number of aromatic nitrogens is 2. The van der Waals surface area contributed by atoms with Crippen LogP contribution in [0.2, 0.25) is 0 Å². The van der Waals surface area contributed by atoms with Crippen LogP contribution in [0.4, 0.5) is 5.82 Å². The van der Waals surface area contributed by atoms with E-state index in [1.54, 1.807) is 24.8 Å². The van der Waals surface area contributed by atoms with Crippen molar-refractivity contribution in [2.45, 2.75) is 30.4 Å². The van der Waals surface area contributed by atoms with Gasteiger partial charge in [-0.05, 0) is 44.1 Å². The number of nitrogens with zero attached hydrogens (tertiary/aromatic N) is 2. The highest BCUT2D eigenvalue weighted by Crippen LogP contribution is 2.28. The first-order valence-corrected chi connectivity index (χ1v) is 9.99. The molecule has 22 heavy (non-hydrogen) atoms. The van der Waals surface area contributed by atoms with Crippen LogP contribution < -0.4 is 10.0 Å². The van der Waals surface area contributed by atoms with Crippen molar-refractivity contribution in [1.82, 2.24) is 14.9 Å². The maximum atomic E-state index is 12.0. The predicted octanol–water partition coefficient (Wildman–Crippen LogP) is 0.691. The molecular formula is C13H22N4O3S2. The van der Waals surface area contributed by atoms with Crippen LogP contribution >= 0.6 is 11.8 Å². The summed E-state index contributed by atoms with van der Waals surface area (Å²) < 4.78 is 26.5. The fourth-order valence-electron chi connectivity index (χ4n) is 1.82. The largest absolute Gasteiger partial charge is 0.387 e. The first-order chi connectivity index (χ1) is 10.3. The lowest BCUT2D eigenvalue weighted by atomic mass is 10.1. The Morgan fingerprint density at radius 3 is 2.68 bits per heavy atom. The molecule has 0 saturated heterocycles. The van der Waals surface area contributed by atoms with Gasteiger partial charge >= 0.3 is 0 Å². The summed E-state index contributed by atoms with van der Waals surface area (Å²) in [5.74, 6) is 1.48. The molecule has 1 aromatic heterocycles. The number of hydrogen-bond acceptors (Lipinski definition) is 7. The van der Waals surface area contributed by atoms with E-state index in [1.165, 1.54) is 6.07 Å². The van der Waals surface area contributed by atoms with Gasteiger partial charge in [-0.25, -0.2) is 13.1 Å². The van der Waals surface area contributed by atoms with Gasteiger partial charge in [0.2, 0.25) is 0 Å². The van der Waals surface area contributed by atoms with Crippen LogP contribution in [0.3, 0.4) is 0 Å². The van der Waals surface area contributed by atoms with Crippen LogP contribution in [0.25, 0.3) is 0 Å². The molecule has 9 heteroatoms. The lowest BCUT2D eigenvalue weighted by Gasteiger charge is -2.22.